The quantitative estimate of drug-likeness (QED) is 0.577. The van der Waals surface area contributed by atoms with E-state index in [1.54, 1.807) is 4.90 Å². The van der Waals surface area contributed by atoms with Crippen molar-refractivity contribution in [3.05, 3.63) is 60.7 Å². The number of thioether (sulfide) groups is 1. The molecule has 2 aromatic carbocycles. The van der Waals surface area contributed by atoms with E-state index in [9.17, 15) is 14.4 Å². The largest absolute Gasteiger partial charge is 0.304 e. The highest BCUT2D eigenvalue weighted by molar-refractivity contribution is 8.14. The number of amides is 3. The van der Waals surface area contributed by atoms with Crippen molar-refractivity contribution in [1.29, 1.82) is 0 Å². The summed E-state index contributed by atoms with van der Waals surface area (Å²) in [5.41, 5.74) is 0.353. The van der Waals surface area contributed by atoms with Crippen LogP contribution in [0.3, 0.4) is 0 Å². The van der Waals surface area contributed by atoms with Gasteiger partial charge in [0.15, 0.2) is 5.17 Å². The zero-order chi connectivity index (χ0) is 23.1. The molecule has 0 aromatic heterocycles. The van der Waals surface area contributed by atoms with Gasteiger partial charge in [-0.1, -0.05) is 75.4 Å². The average molecular weight is 452 g/mol. The molecule has 32 heavy (non-hydrogen) atoms. The predicted octanol–water partition coefficient (Wildman–Crippen LogP) is 4.93. The van der Waals surface area contributed by atoms with E-state index in [1.807, 2.05) is 81.4 Å². The summed E-state index contributed by atoms with van der Waals surface area (Å²) in [6.45, 7) is 5.81. The molecule has 2 aromatic rings. The maximum absolute atomic E-state index is 13.2. The highest BCUT2D eigenvalue weighted by Crippen LogP contribution is 2.38. The number of carbonyl (C=O) groups excluding carboxylic acids is 3. The molecule has 0 saturated heterocycles. The number of nitrogens with one attached hydrogen (secondary N) is 1. The van der Waals surface area contributed by atoms with Crippen LogP contribution in [0.2, 0.25) is 0 Å². The zero-order valence-corrected chi connectivity index (χ0v) is 19.5. The molecule has 0 radical (unpaired) electrons. The topological polar surface area (TPSA) is 78.8 Å². The summed E-state index contributed by atoms with van der Waals surface area (Å²) in [6, 6.07) is 18.7. The Morgan fingerprint density at radius 1 is 1.03 bits per heavy atom. The van der Waals surface area contributed by atoms with Crippen molar-refractivity contribution < 1.29 is 14.4 Å². The molecule has 168 valence electrons. The third-order valence-corrected chi connectivity index (χ3v) is 6.80. The summed E-state index contributed by atoms with van der Waals surface area (Å²) in [4.78, 5) is 44.9. The first-order valence-electron chi connectivity index (χ1n) is 10.9. The second-order valence-corrected chi connectivity index (χ2v) is 8.84. The fourth-order valence-corrected chi connectivity index (χ4v) is 4.86. The van der Waals surface area contributed by atoms with Crippen LogP contribution in [-0.4, -0.2) is 28.6 Å². The van der Waals surface area contributed by atoms with Crippen LogP contribution in [0.4, 0.5) is 11.4 Å². The molecule has 0 aliphatic carbocycles. The lowest BCUT2D eigenvalue weighted by Gasteiger charge is -2.36. The minimum atomic E-state index is -1.13. The van der Waals surface area contributed by atoms with Crippen LogP contribution < -0.4 is 10.2 Å². The monoisotopic (exact) mass is 451 g/mol. The standard InChI is InChI=1S/C25H29N3O3S/c1-4-12-18(3)25(5-2)22(30)26-24(27-23(25)31)32-17-21(29)28(19-13-8-6-9-14-19)20-15-10-7-11-16-20/h6-11,13-16,18H,4-5,12,17H2,1-3H3,(H,26,27,30,31). The molecule has 1 aliphatic rings. The average Bonchev–Trinajstić information content (AvgIpc) is 2.80. The van der Waals surface area contributed by atoms with E-state index in [2.05, 4.69) is 10.3 Å². The van der Waals surface area contributed by atoms with Gasteiger partial charge in [-0.3, -0.25) is 19.3 Å². The Morgan fingerprint density at radius 3 is 2.06 bits per heavy atom. The van der Waals surface area contributed by atoms with Gasteiger partial charge in [-0.25, -0.2) is 0 Å². The van der Waals surface area contributed by atoms with Gasteiger partial charge in [-0.15, -0.1) is 0 Å². The predicted molar refractivity (Wildman–Crippen MR) is 130 cm³/mol. The number of carbonyl (C=O) groups is 3. The molecule has 6 nitrogen and oxygen atoms in total. The van der Waals surface area contributed by atoms with Gasteiger partial charge in [0.1, 0.15) is 5.41 Å². The molecule has 0 spiro atoms. The number of benzene rings is 2. The number of para-hydroxylation sites is 2. The second kappa shape index (κ2) is 10.6. The van der Waals surface area contributed by atoms with Gasteiger partial charge in [-0.05, 0) is 43.0 Å². The number of hydrogen-bond acceptors (Lipinski definition) is 4. The normalized spacial score (nSPS) is 19.2. The molecule has 2 atom stereocenters. The van der Waals surface area contributed by atoms with Crippen molar-refractivity contribution in [1.82, 2.24) is 5.32 Å². The minimum absolute atomic E-state index is 0.0276. The molecule has 0 fully saturated rings. The number of nitrogens with zero attached hydrogens (tertiary/aromatic N) is 2. The Hall–Kier alpha value is -2.93. The van der Waals surface area contributed by atoms with Crippen molar-refractivity contribution in [2.24, 2.45) is 16.3 Å². The zero-order valence-electron chi connectivity index (χ0n) is 18.7. The van der Waals surface area contributed by atoms with Crippen molar-refractivity contribution >= 4 is 46.0 Å². The summed E-state index contributed by atoms with van der Waals surface area (Å²) in [6.07, 6.45) is 2.06. The molecular formula is C25H29N3O3S. The fourth-order valence-electron chi connectivity index (χ4n) is 4.15. The smallest absolute Gasteiger partial charge is 0.264 e. The van der Waals surface area contributed by atoms with Crippen LogP contribution in [0.15, 0.2) is 65.7 Å². The van der Waals surface area contributed by atoms with Gasteiger partial charge >= 0.3 is 0 Å². The third kappa shape index (κ3) is 4.78. The van der Waals surface area contributed by atoms with Gasteiger partial charge < -0.3 is 5.32 Å². The summed E-state index contributed by atoms with van der Waals surface area (Å²) < 4.78 is 0. The van der Waals surface area contributed by atoms with Crippen LogP contribution in [0.1, 0.15) is 40.0 Å². The SMILES string of the molecule is CCCC(C)C1(CC)C(=O)N=C(SCC(=O)N(c2ccccc2)c2ccccc2)NC1=O. The molecule has 0 saturated carbocycles. The van der Waals surface area contributed by atoms with E-state index in [1.165, 1.54) is 0 Å². The highest BCUT2D eigenvalue weighted by atomic mass is 32.2. The van der Waals surface area contributed by atoms with Gasteiger partial charge in [-0.2, -0.15) is 4.99 Å². The summed E-state index contributed by atoms with van der Waals surface area (Å²) >= 11 is 1.07. The van der Waals surface area contributed by atoms with E-state index >= 15 is 0 Å². The highest BCUT2D eigenvalue weighted by Gasteiger charge is 2.51. The van der Waals surface area contributed by atoms with Crippen molar-refractivity contribution in [3.8, 4) is 0 Å². The maximum Gasteiger partial charge on any atom is 0.264 e. The molecule has 1 N–H and O–H groups in total. The Labute approximate surface area is 193 Å². The van der Waals surface area contributed by atoms with Crippen LogP contribution >= 0.6 is 11.8 Å². The van der Waals surface area contributed by atoms with Crippen molar-refractivity contribution in [2.45, 2.75) is 40.0 Å². The van der Waals surface area contributed by atoms with Gasteiger partial charge in [0.2, 0.25) is 11.8 Å². The lowest BCUT2D eigenvalue weighted by atomic mass is 9.70. The number of hydrogen-bond donors (Lipinski definition) is 1. The van der Waals surface area contributed by atoms with Crippen LogP contribution in [0, 0.1) is 11.3 Å². The first-order chi connectivity index (χ1) is 15.4. The van der Waals surface area contributed by atoms with Crippen LogP contribution in [0.25, 0.3) is 0 Å². The molecule has 3 rings (SSSR count). The number of rotatable bonds is 8. The molecule has 2 unspecified atom stereocenters. The van der Waals surface area contributed by atoms with Gasteiger partial charge in [0.25, 0.3) is 5.91 Å². The summed E-state index contributed by atoms with van der Waals surface area (Å²) in [5.74, 6) is -0.988. The Kier molecular flexibility index (Phi) is 7.85. The minimum Gasteiger partial charge on any atom is -0.304 e. The third-order valence-electron chi connectivity index (χ3n) is 5.94. The fraction of sp³-hybridized carbons (Fsp3) is 0.360. The Bertz CT molecular complexity index is 955. The van der Waals surface area contributed by atoms with Gasteiger partial charge in [0, 0.05) is 11.4 Å². The first kappa shape index (κ1) is 23.7. The van der Waals surface area contributed by atoms with Gasteiger partial charge in [0.05, 0.1) is 5.75 Å². The molecular weight excluding hydrogens is 422 g/mol. The molecule has 1 heterocycles. The molecule has 1 aliphatic heterocycles. The molecule has 7 heteroatoms. The first-order valence-corrected chi connectivity index (χ1v) is 11.9. The van der Waals surface area contributed by atoms with E-state index in [4.69, 9.17) is 0 Å². The lowest BCUT2D eigenvalue weighted by Crippen LogP contribution is -2.55. The van der Waals surface area contributed by atoms with E-state index in [0.717, 1.165) is 36.0 Å². The lowest BCUT2D eigenvalue weighted by molar-refractivity contribution is -0.145. The number of amidine groups is 1. The van der Waals surface area contributed by atoms with E-state index < -0.39 is 11.3 Å². The number of aliphatic imine (C=N–C) groups is 1. The molecule has 0 bridgehead atoms. The summed E-state index contributed by atoms with van der Waals surface area (Å²) in [5, 5.41) is 2.97. The Morgan fingerprint density at radius 2 is 1.59 bits per heavy atom. The van der Waals surface area contributed by atoms with Crippen LogP contribution in [-0.2, 0) is 14.4 Å². The molecule has 3 amide bonds. The van der Waals surface area contributed by atoms with E-state index in [-0.39, 0.29) is 28.7 Å². The second-order valence-electron chi connectivity index (χ2n) is 7.88. The maximum atomic E-state index is 13.2. The van der Waals surface area contributed by atoms with E-state index in [0.29, 0.717) is 6.42 Å². The van der Waals surface area contributed by atoms with Crippen molar-refractivity contribution in [2.75, 3.05) is 10.7 Å². The number of anilines is 2. The Balaban J connectivity index is 1.78. The summed E-state index contributed by atoms with van der Waals surface area (Å²) in [7, 11) is 0. The van der Waals surface area contributed by atoms with Crippen molar-refractivity contribution in [3.63, 3.8) is 0 Å². The van der Waals surface area contributed by atoms with Crippen LogP contribution in [0.5, 0.6) is 0 Å².